The van der Waals surface area contributed by atoms with Gasteiger partial charge >= 0.3 is 5.69 Å². The minimum Gasteiger partial charge on any atom is -0.493 e. The van der Waals surface area contributed by atoms with Crippen molar-refractivity contribution in [3.8, 4) is 73.2 Å². The van der Waals surface area contributed by atoms with E-state index in [4.69, 9.17) is 64.5 Å². The highest BCUT2D eigenvalue weighted by Crippen LogP contribution is 2.34. The molecule has 0 radical (unpaired) electrons. The standard InChI is InChI=1S/C23H29N5O2.C18H21N5O.C17H19N7O2.C17H21N7.C14H17N7/c1-4-19-13-26-23(14-24-19)27-22-11-21(30-16-17-8-6-5-7-9-17)18(12-25-22)10-20(29)15-28(2)3;1-2-14-9-21-18(11-20-14)23-17-8-16(15(19)10-22-17)24-12-13-6-4-3-5-7-13;1-3-12-9-19-17(11-18-12)22-16-8-14(15(10-20-16)24(25)26)21-13-4-6-23(2)7-5-13;1-2-13-9-22-17(11-20-13)24-16-6-15(14(18)10-23-16)21-8-12-4-3-5-19-7-12;1-2-10-7-19-14(9-18-10)21-13-6-12(11(16)8-20-13)17-5-3-4-15/h1,11-14,17H,5-10,15-16H2,2-3H3,(H,25,26,27);1,8-11,13H,3-7,12,19H2,(H,21,22,23);1,8-11,13H,4-7H2,2H3,(H2,19,20,21,22);1,6,9-12,19H,3-5,7-8,18H2,(H2,21,22,23,24);1,6-9H,3-5,15-16H2,(H2,17,19,20,21). The van der Waals surface area contributed by atoms with Crippen LogP contribution in [-0.2, 0) is 11.2 Å². The van der Waals surface area contributed by atoms with Crippen molar-refractivity contribution in [2.24, 2.45) is 23.5 Å². The minimum absolute atomic E-state index is 0.0526. The van der Waals surface area contributed by atoms with E-state index >= 15 is 0 Å². The van der Waals surface area contributed by atoms with Crippen LogP contribution in [0.1, 0.15) is 130 Å². The summed E-state index contributed by atoms with van der Waals surface area (Å²) in [4.78, 5) is 89.9. The lowest BCUT2D eigenvalue weighted by atomic mass is 9.90. The van der Waals surface area contributed by atoms with Crippen LogP contribution in [0.15, 0.2) is 123 Å². The van der Waals surface area contributed by atoms with Gasteiger partial charge in [0.15, 0.2) is 5.78 Å². The molecule has 36 nitrogen and oxygen atoms in total. The average molecular weight is 1690 g/mol. The molecule has 0 spiro atoms. The van der Waals surface area contributed by atoms with E-state index in [-0.39, 0.29) is 17.5 Å². The quantitative estimate of drug-likeness (QED) is 0.00860. The fraction of sp³-hybridized carbons (Fsp3) is 0.371. The van der Waals surface area contributed by atoms with Crippen LogP contribution in [0.4, 0.5) is 98.0 Å². The average Bonchev–Trinajstić information content (AvgIpc) is 0.832. The van der Waals surface area contributed by atoms with E-state index in [1.807, 2.05) is 37.2 Å². The lowest BCUT2D eigenvalue weighted by molar-refractivity contribution is -0.384. The maximum Gasteiger partial charge on any atom is 0.310 e. The van der Waals surface area contributed by atoms with Gasteiger partial charge in [-0.3, -0.25) is 14.9 Å². The number of aromatic nitrogens is 15. The number of hydrogen-bond donors (Lipinski definition) is 13. The van der Waals surface area contributed by atoms with Crippen LogP contribution < -0.4 is 80.3 Å². The molecule has 2 saturated heterocycles. The number of ether oxygens (including phenoxy) is 2. The monoisotopic (exact) mass is 1690 g/mol. The van der Waals surface area contributed by atoms with Gasteiger partial charge in [-0.15, -0.1) is 32.1 Å². The highest BCUT2D eigenvalue weighted by Gasteiger charge is 2.24. The van der Waals surface area contributed by atoms with Gasteiger partial charge in [0.25, 0.3) is 0 Å². The lowest BCUT2D eigenvalue weighted by Crippen LogP contribution is -2.36. The number of likely N-dealkylation sites (tertiary alicyclic amines) is 1. The number of rotatable bonds is 30. The Balaban J connectivity index is 0.000000164. The Morgan fingerprint density at radius 2 is 0.880 bits per heavy atom. The summed E-state index contributed by atoms with van der Waals surface area (Å²) in [5, 5.41) is 40.0. The Bertz CT molecular complexity index is 5170. The third-order valence-electron chi connectivity index (χ3n) is 20.1. The predicted octanol–water partition coefficient (Wildman–Crippen LogP) is 10.9. The Morgan fingerprint density at radius 3 is 1.29 bits per heavy atom. The smallest absolute Gasteiger partial charge is 0.310 e. The number of piperidine rings is 2. The van der Waals surface area contributed by atoms with Crippen LogP contribution in [0.25, 0.3) is 0 Å². The highest BCUT2D eigenvalue weighted by molar-refractivity contribution is 5.83. The summed E-state index contributed by atoms with van der Waals surface area (Å²) in [5.74, 6) is 20.9. The number of likely N-dealkylation sites (N-methyl/N-ethyl adjacent to an activating group) is 1. The number of nitrogen functional groups attached to an aromatic ring is 3. The summed E-state index contributed by atoms with van der Waals surface area (Å²) < 4.78 is 12.1. The van der Waals surface area contributed by atoms with E-state index < -0.39 is 4.92 Å². The normalized spacial score (nSPS) is 14.4. The topological polar surface area (TPSA) is 491 Å². The van der Waals surface area contributed by atoms with Crippen molar-refractivity contribution < 1.29 is 19.2 Å². The van der Waals surface area contributed by atoms with E-state index in [9.17, 15) is 14.9 Å². The molecule has 10 aromatic heterocycles. The summed E-state index contributed by atoms with van der Waals surface area (Å²) in [6, 6.07) is 9.11. The molecule has 648 valence electrons. The first-order valence-electron chi connectivity index (χ1n) is 41.2. The second-order valence-corrected chi connectivity index (χ2v) is 30.2. The summed E-state index contributed by atoms with van der Waals surface area (Å²) in [6.07, 6.45) is 67.5. The zero-order valence-corrected chi connectivity index (χ0v) is 70.5. The molecule has 4 aliphatic rings. The summed E-state index contributed by atoms with van der Waals surface area (Å²) in [5.41, 5.74) is 30.3. The molecule has 12 heterocycles. The maximum atomic E-state index is 12.3. The second kappa shape index (κ2) is 49.2. The molecule has 1 atom stereocenters. The van der Waals surface area contributed by atoms with Gasteiger partial charge in [-0.05, 0) is 159 Å². The van der Waals surface area contributed by atoms with Gasteiger partial charge in [0.1, 0.15) is 110 Å². The number of carbonyl (C=O) groups excluding carboxylic acids is 1. The maximum absolute atomic E-state index is 12.3. The number of pyridine rings is 5. The van der Waals surface area contributed by atoms with Crippen molar-refractivity contribution in [1.82, 2.24) is 89.9 Å². The third kappa shape index (κ3) is 31.3. The third-order valence-corrected chi connectivity index (χ3v) is 20.1. The molecule has 14 rings (SSSR count). The van der Waals surface area contributed by atoms with Gasteiger partial charge in [0.2, 0.25) is 0 Å². The molecular formula is C89H107N31O5. The van der Waals surface area contributed by atoms with Crippen LogP contribution in [0.5, 0.6) is 11.5 Å². The summed E-state index contributed by atoms with van der Waals surface area (Å²) >= 11 is 0. The van der Waals surface area contributed by atoms with Crippen molar-refractivity contribution in [3.05, 3.63) is 167 Å². The van der Waals surface area contributed by atoms with E-state index in [2.05, 4.69) is 164 Å². The number of hydrogen-bond acceptors (Lipinski definition) is 35. The molecule has 10 aromatic rings. The van der Waals surface area contributed by atoms with Crippen molar-refractivity contribution in [2.45, 2.75) is 109 Å². The molecule has 1 unspecified atom stereocenters. The lowest BCUT2D eigenvalue weighted by Gasteiger charge is -2.30. The van der Waals surface area contributed by atoms with E-state index in [1.165, 1.54) is 120 Å². The second-order valence-electron chi connectivity index (χ2n) is 30.2. The number of terminal acetylenes is 5. The van der Waals surface area contributed by atoms with Gasteiger partial charge in [0, 0.05) is 67.6 Å². The fourth-order valence-corrected chi connectivity index (χ4v) is 13.4. The molecule has 17 N–H and O–H groups in total. The van der Waals surface area contributed by atoms with Gasteiger partial charge < -0.3 is 90.1 Å². The Kier molecular flexibility index (Phi) is 36.5. The SMILES string of the molecule is C#Cc1cnc(Nc2cc(NC3CCN(C)CC3)c([N+](=O)[O-])cn2)cn1.C#Cc1cnc(Nc2cc(NCC3CCCNC3)c(N)cn2)cn1.C#Cc1cnc(Nc2cc(NCCCN)c(N)cn2)cn1.C#Cc1cnc(Nc2cc(OCC3CCCCC3)c(CC(=O)CN(C)C)cn2)cn1.C#Cc1cnc(Nc2cc(OCC3CCCCC3)c(N)cn2)cn1. The Morgan fingerprint density at radius 1 is 0.488 bits per heavy atom. The number of anilines is 16. The largest absolute Gasteiger partial charge is 0.493 e. The predicted molar refractivity (Wildman–Crippen MR) is 489 cm³/mol. The molecule has 125 heavy (non-hydrogen) atoms. The van der Waals surface area contributed by atoms with E-state index in [0.717, 1.165) is 75.5 Å². The number of nitrogens with one attached hydrogen (secondary N) is 9. The summed E-state index contributed by atoms with van der Waals surface area (Å²) in [7, 11) is 5.84. The zero-order valence-electron chi connectivity index (χ0n) is 70.5. The van der Waals surface area contributed by atoms with Crippen LogP contribution >= 0.6 is 0 Å². The number of ketones is 1. The van der Waals surface area contributed by atoms with Gasteiger partial charge in [-0.1, -0.05) is 38.5 Å². The van der Waals surface area contributed by atoms with Crippen molar-refractivity contribution >= 4 is 104 Å². The van der Waals surface area contributed by atoms with Crippen molar-refractivity contribution in [3.63, 3.8) is 0 Å². The molecule has 2 aliphatic heterocycles. The van der Waals surface area contributed by atoms with Gasteiger partial charge in [-0.2, -0.15) is 0 Å². The first-order chi connectivity index (χ1) is 60.8. The van der Waals surface area contributed by atoms with E-state index in [1.54, 1.807) is 61.7 Å². The number of nitrogens with two attached hydrogens (primary N) is 4. The molecule has 4 fully saturated rings. The van der Waals surface area contributed by atoms with Crippen LogP contribution in [0, 0.1) is 89.6 Å². The first kappa shape index (κ1) is 92.5. The van der Waals surface area contributed by atoms with Crippen LogP contribution in [0.2, 0.25) is 0 Å². The number of Topliss-reactive ketones (excluding diaryl/α,β-unsaturated/α-hetero) is 1. The van der Waals surface area contributed by atoms with Crippen molar-refractivity contribution in [1.29, 1.82) is 0 Å². The number of nitro groups is 1. The Labute approximate surface area is 728 Å². The molecule has 0 amide bonds. The Hall–Kier alpha value is -14.7. The fourth-order valence-electron chi connectivity index (χ4n) is 13.4. The molecule has 0 aromatic carbocycles. The summed E-state index contributed by atoms with van der Waals surface area (Å²) in [6.45, 7) is 8.08. The van der Waals surface area contributed by atoms with E-state index in [0.29, 0.717) is 171 Å². The van der Waals surface area contributed by atoms with Crippen LogP contribution in [-0.4, -0.2) is 188 Å². The molecular weight excluding hydrogens is 1580 g/mol. The first-order valence-corrected chi connectivity index (χ1v) is 41.2. The molecule has 36 heteroatoms. The number of carbonyl (C=O) groups is 1. The van der Waals surface area contributed by atoms with Gasteiger partial charge in [-0.25, -0.2) is 74.8 Å². The number of nitrogens with zero attached hydrogens (tertiary/aromatic N) is 18. The molecule has 0 bridgehead atoms. The van der Waals surface area contributed by atoms with Crippen molar-refractivity contribution in [2.75, 3.05) is 146 Å². The molecule has 2 aliphatic carbocycles. The zero-order chi connectivity index (χ0) is 88.5. The molecule has 2 saturated carbocycles. The minimum atomic E-state index is -0.435. The highest BCUT2D eigenvalue weighted by atomic mass is 16.6. The van der Waals surface area contributed by atoms with Crippen LogP contribution in [0.3, 0.4) is 0 Å². The van der Waals surface area contributed by atoms with Gasteiger partial charge in [0.05, 0.1) is 134 Å².